The third kappa shape index (κ3) is 3.68. The second kappa shape index (κ2) is 7.87. The molecule has 0 bridgehead atoms. The Kier molecular flexibility index (Phi) is 5.34. The topological polar surface area (TPSA) is 59.9 Å². The number of hydrogen-bond acceptors (Lipinski definition) is 5. The van der Waals surface area contributed by atoms with Crippen molar-refractivity contribution < 1.29 is 4.74 Å². The molecule has 0 radical (unpaired) electrons. The molecule has 1 N–H and O–H groups in total. The lowest BCUT2D eigenvalue weighted by Gasteiger charge is -2.31. The van der Waals surface area contributed by atoms with Gasteiger partial charge in [0, 0.05) is 30.7 Å². The van der Waals surface area contributed by atoms with Crippen LogP contribution in [0.1, 0.15) is 69.9 Å². The van der Waals surface area contributed by atoms with Crippen LogP contribution in [0.15, 0.2) is 18.3 Å². The first-order valence-corrected chi connectivity index (χ1v) is 10.2. The van der Waals surface area contributed by atoms with Crippen molar-refractivity contribution in [2.75, 3.05) is 12.4 Å². The lowest BCUT2D eigenvalue weighted by molar-refractivity contribution is 0.0632. The van der Waals surface area contributed by atoms with Crippen molar-refractivity contribution in [2.24, 2.45) is 5.92 Å². The number of nitrogens with one attached hydrogen (secondary N) is 1. The average Bonchev–Trinajstić information content (AvgIpc) is 2.69. The van der Waals surface area contributed by atoms with Gasteiger partial charge in [-0.2, -0.15) is 4.98 Å². The molecule has 2 aromatic rings. The largest absolute Gasteiger partial charge is 0.381 e. The van der Waals surface area contributed by atoms with E-state index >= 15 is 0 Å². The summed E-state index contributed by atoms with van der Waals surface area (Å²) in [5.74, 6) is 1.85. The zero-order valence-electron chi connectivity index (χ0n) is 15.9. The van der Waals surface area contributed by atoms with E-state index in [0.29, 0.717) is 24.0 Å². The molecule has 2 heterocycles. The number of pyridine rings is 1. The molecule has 2 fully saturated rings. The monoisotopic (exact) mass is 354 g/mol. The molecule has 2 saturated carbocycles. The van der Waals surface area contributed by atoms with Crippen LogP contribution in [0.5, 0.6) is 0 Å². The lowest BCUT2D eigenvalue weighted by atomic mass is 9.84. The van der Waals surface area contributed by atoms with E-state index in [1.807, 2.05) is 19.4 Å². The maximum Gasteiger partial charge on any atom is 0.225 e. The molecule has 5 nitrogen and oxygen atoms in total. The van der Waals surface area contributed by atoms with Gasteiger partial charge in [-0.05, 0) is 50.2 Å². The Morgan fingerprint density at radius 3 is 2.81 bits per heavy atom. The Balaban J connectivity index is 1.66. The smallest absolute Gasteiger partial charge is 0.225 e. The number of aromatic nitrogens is 3. The highest BCUT2D eigenvalue weighted by molar-refractivity contribution is 5.78. The maximum atomic E-state index is 5.65. The van der Waals surface area contributed by atoms with Gasteiger partial charge in [0.2, 0.25) is 5.95 Å². The van der Waals surface area contributed by atoms with Crippen molar-refractivity contribution in [3.05, 3.63) is 24.0 Å². The van der Waals surface area contributed by atoms with Crippen molar-refractivity contribution in [3.8, 4) is 0 Å². The Hall–Kier alpha value is -1.75. The van der Waals surface area contributed by atoms with E-state index < -0.39 is 0 Å². The third-order valence-corrected chi connectivity index (χ3v) is 6.27. The van der Waals surface area contributed by atoms with Gasteiger partial charge in [0.15, 0.2) is 5.65 Å². The van der Waals surface area contributed by atoms with Gasteiger partial charge in [0.1, 0.15) is 0 Å². The summed E-state index contributed by atoms with van der Waals surface area (Å²) in [6.45, 7) is 2.33. The van der Waals surface area contributed by atoms with Crippen molar-refractivity contribution in [1.29, 1.82) is 0 Å². The van der Waals surface area contributed by atoms with Gasteiger partial charge in [-0.15, -0.1) is 0 Å². The summed E-state index contributed by atoms with van der Waals surface area (Å²) < 4.78 is 5.65. The van der Waals surface area contributed by atoms with E-state index in [4.69, 9.17) is 14.7 Å². The lowest BCUT2D eigenvalue weighted by Crippen LogP contribution is -2.31. The van der Waals surface area contributed by atoms with Crippen molar-refractivity contribution in [3.63, 3.8) is 0 Å². The molecule has 0 spiro atoms. The van der Waals surface area contributed by atoms with E-state index in [1.54, 1.807) is 0 Å². The van der Waals surface area contributed by atoms with Crippen LogP contribution in [-0.4, -0.2) is 34.2 Å². The minimum atomic E-state index is 0.338. The SMILES string of the molecule is COC1CCCC(c2nc(NC3CCCCC3C)nc3ncccc23)C1. The Bertz CT molecular complexity index is 750. The van der Waals surface area contributed by atoms with Gasteiger partial charge >= 0.3 is 0 Å². The molecule has 0 aliphatic heterocycles. The van der Waals surface area contributed by atoms with Gasteiger partial charge in [0.25, 0.3) is 0 Å². The number of methoxy groups -OCH3 is 1. The van der Waals surface area contributed by atoms with Crippen LogP contribution in [0.3, 0.4) is 0 Å². The van der Waals surface area contributed by atoms with Crippen LogP contribution >= 0.6 is 0 Å². The first-order chi connectivity index (χ1) is 12.7. The molecule has 0 amide bonds. The second-order valence-electron chi connectivity index (χ2n) is 8.04. The van der Waals surface area contributed by atoms with Crippen LogP contribution in [0.2, 0.25) is 0 Å². The summed E-state index contributed by atoms with van der Waals surface area (Å²) in [6, 6.07) is 4.57. The predicted octanol–water partition coefficient (Wildman–Crippen LogP) is 4.69. The average molecular weight is 354 g/mol. The van der Waals surface area contributed by atoms with Crippen molar-refractivity contribution in [2.45, 2.75) is 76.4 Å². The normalized spacial score (nSPS) is 29.6. The Morgan fingerprint density at radius 1 is 1.08 bits per heavy atom. The number of ether oxygens (including phenoxy) is 1. The highest BCUT2D eigenvalue weighted by Crippen LogP contribution is 2.36. The first-order valence-electron chi connectivity index (χ1n) is 10.2. The number of fused-ring (bicyclic) bond motifs is 1. The van der Waals surface area contributed by atoms with E-state index in [9.17, 15) is 0 Å². The highest BCUT2D eigenvalue weighted by Gasteiger charge is 2.27. The van der Waals surface area contributed by atoms with Crippen LogP contribution < -0.4 is 5.32 Å². The molecule has 4 rings (SSSR count). The number of nitrogens with zero attached hydrogens (tertiary/aromatic N) is 3. The summed E-state index contributed by atoms with van der Waals surface area (Å²) >= 11 is 0. The second-order valence-corrected chi connectivity index (χ2v) is 8.04. The molecular weight excluding hydrogens is 324 g/mol. The minimum Gasteiger partial charge on any atom is -0.381 e. The maximum absolute atomic E-state index is 5.65. The standard InChI is InChI=1S/C21H30N4O/c1-14-7-3-4-11-18(14)23-21-24-19(15-8-5-9-16(13-15)26-2)17-10-6-12-22-20(17)25-21/h6,10,12,14-16,18H,3-5,7-9,11,13H2,1-2H3,(H,22,23,24,25). The fourth-order valence-corrected chi connectivity index (χ4v) is 4.67. The van der Waals surface area contributed by atoms with E-state index in [2.05, 4.69) is 23.3 Å². The minimum absolute atomic E-state index is 0.338. The van der Waals surface area contributed by atoms with Crippen LogP contribution in [0.4, 0.5) is 5.95 Å². The summed E-state index contributed by atoms with van der Waals surface area (Å²) in [5.41, 5.74) is 1.96. The van der Waals surface area contributed by atoms with Crippen LogP contribution in [-0.2, 0) is 4.74 Å². The number of anilines is 1. The van der Waals surface area contributed by atoms with Crippen molar-refractivity contribution >= 4 is 17.0 Å². The fraction of sp³-hybridized carbons (Fsp3) is 0.667. The number of hydrogen-bond donors (Lipinski definition) is 1. The summed E-state index contributed by atoms with van der Waals surface area (Å²) in [6.07, 6.45) is 11.8. The van der Waals surface area contributed by atoms with E-state index in [0.717, 1.165) is 35.5 Å². The predicted molar refractivity (Wildman–Crippen MR) is 104 cm³/mol. The van der Waals surface area contributed by atoms with E-state index in [1.165, 1.54) is 38.5 Å². The third-order valence-electron chi connectivity index (χ3n) is 6.27. The Morgan fingerprint density at radius 2 is 1.96 bits per heavy atom. The van der Waals surface area contributed by atoms with E-state index in [-0.39, 0.29) is 0 Å². The molecule has 0 aromatic carbocycles. The summed E-state index contributed by atoms with van der Waals surface area (Å²) in [5, 5.41) is 4.73. The van der Waals surface area contributed by atoms with Gasteiger partial charge in [-0.1, -0.05) is 26.2 Å². The quantitative estimate of drug-likeness (QED) is 0.863. The zero-order valence-corrected chi connectivity index (χ0v) is 15.9. The molecular formula is C21H30N4O. The molecule has 5 heteroatoms. The molecule has 4 unspecified atom stereocenters. The number of rotatable bonds is 4. The van der Waals surface area contributed by atoms with Gasteiger partial charge in [-0.25, -0.2) is 9.97 Å². The molecule has 4 atom stereocenters. The summed E-state index contributed by atoms with van der Waals surface area (Å²) in [7, 11) is 1.82. The highest BCUT2D eigenvalue weighted by atomic mass is 16.5. The van der Waals surface area contributed by atoms with Gasteiger partial charge in [-0.3, -0.25) is 0 Å². The molecule has 2 aliphatic rings. The molecule has 2 aliphatic carbocycles. The first kappa shape index (κ1) is 17.7. The van der Waals surface area contributed by atoms with Crippen LogP contribution in [0.25, 0.3) is 11.0 Å². The molecule has 0 saturated heterocycles. The Labute approximate surface area is 156 Å². The van der Waals surface area contributed by atoms with Gasteiger partial charge in [0.05, 0.1) is 11.8 Å². The fourth-order valence-electron chi connectivity index (χ4n) is 4.67. The van der Waals surface area contributed by atoms with Crippen LogP contribution in [0, 0.1) is 5.92 Å². The summed E-state index contributed by atoms with van der Waals surface area (Å²) in [4.78, 5) is 14.3. The molecule has 140 valence electrons. The molecule has 26 heavy (non-hydrogen) atoms. The zero-order chi connectivity index (χ0) is 17.9. The van der Waals surface area contributed by atoms with Gasteiger partial charge < -0.3 is 10.1 Å². The molecule has 2 aromatic heterocycles. The van der Waals surface area contributed by atoms with Crippen molar-refractivity contribution in [1.82, 2.24) is 15.0 Å².